The zero-order chi connectivity index (χ0) is 21.7. The van der Waals surface area contributed by atoms with Crippen LogP contribution in [0.4, 0.5) is 11.4 Å². The maximum atomic E-state index is 12.5. The van der Waals surface area contributed by atoms with Crippen molar-refractivity contribution in [2.24, 2.45) is 0 Å². The molecule has 1 aromatic carbocycles. The lowest BCUT2D eigenvalue weighted by atomic mass is 9.73. The van der Waals surface area contributed by atoms with Crippen molar-refractivity contribution in [1.82, 2.24) is 15.3 Å². The molecule has 0 aliphatic heterocycles. The number of anilines is 2. The van der Waals surface area contributed by atoms with E-state index in [1.165, 1.54) is 0 Å². The summed E-state index contributed by atoms with van der Waals surface area (Å²) in [4.78, 5) is 23.4. The molecule has 2 aromatic heterocycles. The highest BCUT2D eigenvalue weighted by molar-refractivity contribution is 5.85. The number of allylic oxidation sites excluding steroid dienone is 2. The highest BCUT2D eigenvalue weighted by atomic mass is 16.1. The summed E-state index contributed by atoms with van der Waals surface area (Å²) in [6.45, 7) is 3.72. The summed E-state index contributed by atoms with van der Waals surface area (Å²) in [5.41, 5.74) is 3.40. The van der Waals surface area contributed by atoms with E-state index in [9.17, 15) is 4.79 Å². The molecule has 1 amide bonds. The first-order chi connectivity index (χ1) is 15.1. The van der Waals surface area contributed by atoms with Crippen LogP contribution in [-0.2, 0) is 4.79 Å². The number of amides is 1. The van der Waals surface area contributed by atoms with Gasteiger partial charge in [-0.05, 0) is 48.7 Å². The summed E-state index contributed by atoms with van der Waals surface area (Å²) in [6, 6.07) is 18.0. The van der Waals surface area contributed by atoms with Gasteiger partial charge in [0.1, 0.15) is 0 Å². The van der Waals surface area contributed by atoms with Crippen molar-refractivity contribution in [2.45, 2.75) is 31.8 Å². The predicted octanol–water partition coefficient (Wildman–Crippen LogP) is 4.92. The van der Waals surface area contributed by atoms with Crippen molar-refractivity contribution >= 4 is 22.9 Å². The fraction of sp³-hybridized carbons (Fsp3) is 0.192. The summed E-state index contributed by atoms with van der Waals surface area (Å²) < 4.78 is 0. The van der Waals surface area contributed by atoms with Crippen LogP contribution in [0.25, 0.3) is 5.57 Å². The molecule has 5 heteroatoms. The summed E-state index contributed by atoms with van der Waals surface area (Å²) in [7, 11) is 0. The molecular formula is C26H26N4O. The second-order valence-corrected chi connectivity index (χ2v) is 7.70. The molecule has 1 aliphatic rings. The Hall–Kier alpha value is -3.73. The lowest BCUT2D eigenvalue weighted by Gasteiger charge is -2.47. The van der Waals surface area contributed by atoms with Gasteiger partial charge >= 0.3 is 0 Å². The SMILES string of the molecule is CC(=O)NC1(C(C)N(c2cccnc2)c2cccnc2)CC=CC=C1c1ccccc1. The molecule has 0 bridgehead atoms. The standard InChI is InChI=1S/C26H26N4O/c1-20(30(23-12-8-16-27-18-23)24-13-9-17-28-19-24)26(29-21(2)31)15-7-6-14-25(26)22-10-4-3-5-11-22/h3-14,16-20H,15H2,1-2H3,(H,29,31). The Morgan fingerprint density at radius 3 is 2.19 bits per heavy atom. The van der Waals surface area contributed by atoms with Crippen LogP contribution >= 0.6 is 0 Å². The smallest absolute Gasteiger partial charge is 0.217 e. The zero-order valence-electron chi connectivity index (χ0n) is 17.8. The number of benzene rings is 1. The van der Waals surface area contributed by atoms with E-state index < -0.39 is 5.54 Å². The van der Waals surface area contributed by atoms with Gasteiger partial charge in [-0.25, -0.2) is 0 Å². The average Bonchev–Trinajstić information content (AvgIpc) is 2.81. The summed E-state index contributed by atoms with van der Waals surface area (Å²) in [5, 5.41) is 3.32. The predicted molar refractivity (Wildman–Crippen MR) is 125 cm³/mol. The van der Waals surface area contributed by atoms with E-state index in [0.29, 0.717) is 6.42 Å². The number of carbonyl (C=O) groups is 1. The zero-order valence-corrected chi connectivity index (χ0v) is 17.8. The third kappa shape index (κ3) is 4.12. The van der Waals surface area contributed by atoms with Crippen LogP contribution in [0.1, 0.15) is 25.8 Å². The van der Waals surface area contributed by atoms with Crippen molar-refractivity contribution in [3.05, 3.63) is 103 Å². The first-order valence-electron chi connectivity index (χ1n) is 10.4. The Kier molecular flexibility index (Phi) is 5.94. The molecule has 2 heterocycles. The fourth-order valence-electron chi connectivity index (χ4n) is 4.39. The van der Waals surface area contributed by atoms with E-state index in [-0.39, 0.29) is 11.9 Å². The van der Waals surface area contributed by atoms with Crippen LogP contribution in [0.5, 0.6) is 0 Å². The summed E-state index contributed by atoms with van der Waals surface area (Å²) in [6.07, 6.45) is 14.2. The van der Waals surface area contributed by atoms with Crippen LogP contribution in [0.3, 0.4) is 0 Å². The van der Waals surface area contributed by atoms with Crippen molar-refractivity contribution < 1.29 is 4.79 Å². The number of nitrogens with zero attached hydrogens (tertiary/aromatic N) is 3. The summed E-state index contributed by atoms with van der Waals surface area (Å²) in [5.74, 6) is -0.0682. The quantitative estimate of drug-likeness (QED) is 0.627. The van der Waals surface area contributed by atoms with Gasteiger partial charge in [0.25, 0.3) is 0 Å². The Morgan fingerprint density at radius 1 is 1.00 bits per heavy atom. The molecule has 0 saturated carbocycles. The second kappa shape index (κ2) is 8.96. The number of aromatic nitrogens is 2. The van der Waals surface area contributed by atoms with Gasteiger partial charge in [-0.15, -0.1) is 0 Å². The maximum absolute atomic E-state index is 12.5. The average molecular weight is 411 g/mol. The first kappa shape index (κ1) is 20.5. The van der Waals surface area contributed by atoms with Crippen LogP contribution in [0.2, 0.25) is 0 Å². The van der Waals surface area contributed by atoms with Crippen LogP contribution in [-0.4, -0.2) is 27.5 Å². The minimum atomic E-state index is -0.645. The van der Waals surface area contributed by atoms with E-state index in [2.05, 4.69) is 57.5 Å². The van der Waals surface area contributed by atoms with Gasteiger partial charge < -0.3 is 10.2 Å². The second-order valence-electron chi connectivity index (χ2n) is 7.70. The number of rotatable bonds is 6. The van der Waals surface area contributed by atoms with Crippen molar-refractivity contribution in [3.8, 4) is 0 Å². The molecule has 4 rings (SSSR count). The monoisotopic (exact) mass is 410 g/mol. The van der Waals surface area contributed by atoms with E-state index in [0.717, 1.165) is 22.5 Å². The first-order valence-corrected chi connectivity index (χ1v) is 10.4. The highest BCUT2D eigenvalue weighted by Crippen LogP contribution is 2.41. The minimum Gasteiger partial charge on any atom is -0.344 e. The van der Waals surface area contributed by atoms with E-state index in [4.69, 9.17) is 0 Å². The van der Waals surface area contributed by atoms with Crippen LogP contribution in [0.15, 0.2) is 97.6 Å². The van der Waals surface area contributed by atoms with Gasteiger partial charge in [-0.1, -0.05) is 48.6 Å². The topological polar surface area (TPSA) is 58.1 Å². The van der Waals surface area contributed by atoms with Crippen molar-refractivity contribution in [2.75, 3.05) is 4.90 Å². The van der Waals surface area contributed by atoms with Gasteiger partial charge in [0.2, 0.25) is 5.91 Å². The van der Waals surface area contributed by atoms with Gasteiger partial charge in [0, 0.05) is 19.3 Å². The maximum Gasteiger partial charge on any atom is 0.217 e. The lowest BCUT2D eigenvalue weighted by Crippen LogP contribution is -2.61. The molecule has 2 atom stereocenters. The number of carbonyl (C=O) groups excluding carboxylic acids is 1. The Bertz CT molecular complexity index is 1040. The minimum absolute atomic E-state index is 0.0682. The van der Waals surface area contributed by atoms with Crippen LogP contribution in [0, 0.1) is 0 Å². The molecular weight excluding hydrogens is 384 g/mol. The Labute approximate surface area is 183 Å². The number of nitrogens with one attached hydrogen (secondary N) is 1. The van der Waals surface area contributed by atoms with Crippen molar-refractivity contribution in [3.63, 3.8) is 0 Å². The molecule has 0 fully saturated rings. The molecule has 1 aliphatic carbocycles. The number of pyridine rings is 2. The number of hydrogen-bond acceptors (Lipinski definition) is 4. The Morgan fingerprint density at radius 2 is 1.65 bits per heavy atom. The van der Waals surface area contributed by atoms with Crippen molar-refractivity contribution in [1.29, 1.82) is 0 Å². The molecule has 0 radical (unpaired) electrons. The van der Waals surface area contributed by atoms with Gasteiger partial charge in [-0.2, -0.15) is 0 Å². The number of hydrogen-bond donors (Lipinski definition) is 1. The van der Waals surface area contributed by atoms with Gasteiger partial charge in [0.05, 0.1) is 35.3 Å². The third-order valence-electron chi connectivity index (χ3n) is 5.75. The van der Waals surface area contributed by atoms with Crippen LogP contribution < -0.4 is 10.2 Å². The molecule has 5 nitrogen and oxygen atoms in total. The normalized spacial score (nSPS) is 18.7. The largest absolute Gasteiger partial charge is 0.344 e. The molecule has 2 unspecified atom stereocenters. The lowest BCUT2D eigenvalue weighted by molar-refractivity contribution is -0.120. The van der Waals surface area contributed by atoms with E-state index >= 15 is 0 Å². The molecule has 0 saturated heterocycles. The fourth-order valence-corrected chi connectivity index (χ4v) is 4.39. The van der Waals surface area contributed by atoms with Gasteiger partial charge in [-0.3, -0.25) is 14.8 Å². The third-order valence-corrected chi connectivity index (χ3v) is 5.75. The molecule has 1 N–H and O–H groups in total. The van der Waals surface area contributed by atoms with Gasteiger partial charge in [0.15, 0.2) is 0 Å². The summed E-state index contributed by atoms with van der Waals surface area (Å²) >= 11 is 0. The molecule has 0 spiro atoms. The highest BCUT2D eigenvalue weighted by Gasteiger charge is 2.44. The van der Waals surface area contributed by atoms with E-state index in [1.807, 2.05) is 54.9 Å². The molecule has 156 valence electrons. The van der Waals surface area contributed by atoms with E-state index in [1.54, 1.807) is 19.3 Å². The Balaban J connectivity index is 1.89. The molecule has 3 aromatic rings. The molecule has 31 heavy (non-hydrogen) atoms.